The fourth-order valence-electron chi connectivity index (χ4n) is 3.83. The van der Waals surface area contributed by atoms with Crippen LogP contribution in [0.15, 0.2) is 12.1 Å². The molecule has 1 aromatic carbocycles. The molecule has 1 aromatic rings. The van der Waals surface area contributed by atoms with Gasteiger partial charge in [0, 0.05) is 24.9 Å². The van der Waals surface area contributed by atoms with Gasteiger partial charge in [0.2, 0.25) is 0 Å². The molecule has 0 radical (unpaired) electrons. The van der Waals surface area contributed by atoms with E-state index in [1.807, 2.05) is 0 Å². The first-order valence-electron chi connectivity index (χ1n) is 9.09. The molecule has 4 nitrogen and oxygen atoms in total. The summed E-state index contributed by atoms with van der Waals surface area (Å²) in [7, 11) is 0. The molecule has 0 aliphatic carbocycles. The van der Waals surface area contributed by atoms with Crippen molar-refractivity contribution in [2.45, 2.75) is 76.4 Å². The summed E-state index contributed by atoms with van der Waals surface area (Å²) in [6, 6.07) is 0.868. The van der Waals surface area contributed by atoms with Gasteiger partial charge < -0.3 is 14.4 Å². The number of alkyl halides is 3. The lowest BCUT2D eigenvalue weighted by Gasteiger charge is -2.39. The van der Waals surface area contributed by atoms with Crippen LogP contribution in [0.4, 0.5) is 22.4 Å². The van der Waals surface area contributed by atoms with Crippen molar-refractivity contribution in [2.75, 3.05) is 0 Å². The molecule has 2 aliphatic rings. The summed E-state index contributed by atoms with van der Waals surface area (Å²) in [5, 5.41) is -0.640. The van der Waals surface area contributed by atoms with Crippen LogP contribution in [-0.2, 0) is 10.9 Å². The first-order chi connectivity index (χ1) is 12.8. The second kappa shape index (κ2) is 7.28. The van der Waals surface area contributed by atoms with Crippen LogP contribution >= 0.6 is 11.6 Å². The Bertz CT molecular complexity index is 749. The van der Waals surface area contributed by atoms with Gasteiger partial charge in [0.15, 0.2) is 11.6 Å². The molecule has 0 spiro atoms. The SMILES string of the molecule is CC(C)(C)OC(=O)N1C2CCC1CC(Oc1cc(C(F)(F)F)cc(Cl)c1F)C2. The fraction of sp³-hybridized carbons (Fsp3) is 0.632. The molecular weight excluding hydrogens is 402 g/mol. The Hall–Kier alpha value is -1.70. The van der Waals surface area contributed by atoms with Crippen molar-refractivity contribution in [3.05, 3.63) is 28.5 Å². The van der Waals surface area contributed by atoms with Crippen molar-refractivity contribution >= 4 is 17.7 Å². The maximum absolute atomic E-state index is 14.2. The van der Waals surface area contributed by atoms with Gasteiger partial charge in [0.25, 0.3) is 0 Å². The van der Waals surface area contributed by atoms with Crippen LogP contribution in [0.2, 0.25) is 5.02 Å². The Balaban J connectivity index is 1.74. The highest BCUT2D eigenvalue weighted by Gasteiger charge is 2.46. The average Bonchev–Trinajstić information content (AvgIpc) is 2.80. The summed E-state index contributed by atoms with van der Waals surface area (Å²) in [6.07, 6.45) is -3.30. The molecule has 0 saturated carbocycles. The van der Waals surface area contributed by atoms with E-state index < -0.39 is 46.1 Å². The number of halogens is 5. The predicted molar refractivity (Wildman–Crippen MR) is 94.9 cm³/mol. The Morgan fingerprint density at radius 3 is 2.21 bits per heavy atom. The van der Waals surface area contributed by atoms with Gasteiger partial charge in [0.1, 0.15) is 11.7 Å². The normalized spacial score (nSPS) is 25.0. The molecule has 2 unspecified atom stereocenters. The topological polar surface area (TPSA) is 38.8 Å². The first-order valence-corrected chi connectivity index (χ1v) is 9.47. The van der Waals surface area contributed by atoms with Gasteiger partial charge in [-0.1, -0.05) is 11.6 Å². The zero-order valence-corrected chi connectivity index (χ0v) is 16.5. The summed E-state index contributed by atoms with van der Waals surface area (Å²) in [5.74, 6) is -1.54. The maximum Gasteiger partial charge on any atom is 0.416 e. The minimum Gasteiger partial charge on any atom is -0.487 e. The molecule has 2 atom stereocenters. The van der Waals surface area contributed by atoms with Crippen molar-refractivity contribution in [1.82, 2.24) is 4.90 Å². The van der Waals surface area contributed by atoms with Crippen LogP contribution in [0.25, 0.3) is 0 Å². The molecule has 0 N–H and O–H groups in total. The highest BCUT2D eigenvalue weighted by molar-refractivity contribution is 6.31. The summed E-state index contributed by atoms with van der Waals surface area (Å²) in [5.41, 5.74) is -1.69. The second-order valence-corrected chi connectivity index (χ2v) is 8.66. The van der Waals surface area contributed by atoms with Crippen LogP contribution in [0.1, 0.15) is 52.0 Å². The molecule has 1 amide bonds. The minimum atomic E-state index is -4.66. The Kier molecular flexibility index (Phi) is 5.47. The van der Waals surface area contributed by atoms with Gasteiger partial charge in [-0.05, 0) is 45.7 Å². The van der Waals surface area contributed by atoms with Crippen LogP contribution in [0, 0.1) is 5.82 Å². The largest absolute Gasteiger partial charge is 0.487 e. The average molecular weight is 424 g/mol. The zero-order valence-electron chi connectivity index (χ0n) is 15.8. The van der Waals surface area contributed by atoms with Gasteiger partial charge >= 0.3 is 12.3 Å². The van der Waals surface area contributed by atoms with Gasteiger partial charge in [-0.3, -0.25) is 0 Å². The molecule has 156 valence electrons. The molecule has 2 fully saturated rings. The van der Waals surface area contributed by atoms with Gasteiger partial charge in [0.05, 0.1) is 10.6 Å². The number of nitrogens with zero attached hydrogens (tertiary/aromatic N) is 1. The lowest BCUT2D eigenvalue weighted by atomic mass is 10.00. The van der Waals surface area contributed by atoms with E-state index in [2.05, 4.69) is 0 Å². The number of ether oxygens (including phenoxy) is 2. The number of hydrogen-bond acceptors (Lipinski definition) is 3. The molecule has 3 rings (SSSR count). The number of fused-ring (bicyclic) bond motifs is 2. The minimum absolute atomic E-state index is 0.150. The Morgan fingerprint density at radius 1 is 1.14 bits per heavy atom. The van der Waals surface area contributed by atoms with Gasteiger partial charge in [-0.25, -0.2) is 9.18 Å². The number of carbonyl (C=O) groups is 1. The molecule has 2 aliphatic heterocycles. The third-order valence-corrected chi connectivity index (χ3v) is 5.18. The van der Waals surface area contributed by atoms with Crippen molar-refractivity contribution in [3.8, 4) is 5.75 Å². The van der Waals surface area contributed by atoms with E-state index in [0.717, 1.165) is 12.8 Å². The zero-order chi connectivity index (χ0) is 20.9. The lowest BCUT2D eigenvalue weighted by molar-refractivity contribution is -0.137. The van der Waals surface area contributed by atoms with Crippen LogP contribution < -0.4 is 4.74 Å². The molecular formula is C19H22ClF4NO3. The Morgan fingerprint density at radius 2 is 1.71 bits per heavy atom. The van der Waals surface area contributed by atoms with Crippen LogP contribution in [-0.4, -0.2) is 34.8 Å². The molecule has 0 aromatic heterocycles. The predicted octanol–water partition coefficient (Wildman–Crippen LogP) is 5.81. The summed E-state index contributed by atoms with van der Waals surface area (Å²) < 4.78 is 64.2. The first kappa shape index (κ1) is 21.0. The standard InChI is InChI=1S/C19H22ClF4NO3/c1-18(2,3)28-17(26)25-11-4-5-12(25)9-13(8-11)27-15-7-10(19(22,23)24)6-14(20)16(15)21/h6-7,11-13H,4-5,8-9H2,1-3H3. The van der Waals surface area contributed by atoms with E-state index in [0.29, 0.717) is 25.0 Å². The quantitative estimate of drug-likeness (QED) is 0.564. The molecule has 9 heteroatoms. The molecule has 28 heavy (non-hydrogen) atoms. The van der Waals surface area contributed by atoms with E-state index in [1.54, 1.807) is 25.7 Å². The summed E-state index contributed by atoms with van der Waals surface area (Å²) >= 11 is 5.61. The van der Waals surface area contributed by atoms with Crippen molar-refractivity contribution in [2.24, 2.45) is 0 Å². The summed E-state index contributed by atoms with van der Waals surface area (Å²) in [4.78, 5) is 14.1. The van der Waals surface area contributed by atoms with E-state index in [9.17, 15) is 22.4 Å². The molecule has 2 saturated heterocycles. The highest BCUT2D eigenvalue weighted by Crippen LogP contribution is 2.41. The fourth-order valence-corrected chi connectivity index (χ4v) is 4.04. The smallest absolute Gasteiger partial charge is 0.416 e. The van der Waals surface area contributed by atoms with Gasteiger partial charge in [-0.2, -0.15) is 13.2 Å². The van der Waals surface area contributed by atoms with Gasteiger partial charge in [-0.15, -0.1) is 0 Å². The van der Waals surface area contributed by atoms with E-state index in [4.69, 9.17) is 21.1 Å². The number of amides is 1. The third kappa shape index (κ3) is 4.47. The number of rotatable bonds is 2. The van der Waals surface area contributed by atoms with Crippen LogP contribution in [0.5, 0.6) is 5.75 Å². The molecule has 2 heterocycles. The maximum atomic E-state index is 14.2. The van der Waals surface area contributed by atoms with Crippen LogP contribution in [0.3, 0.4) is 0 Å². The van der Waals surface area contributed by atoms with Crippen molar-refractivity contribution < 1.29 is 31.8 Å². The number of benzene rings is 1. The monoisotopic (exact) mass is 423 g/mol. The van der Waals surface area contributed by atoms with Crippen molar-refractivity contribution in [3.63, 3.8) is 0 Å². The van der Waals surface area contributed by atoms with E-state index in [-0.39, 0.29) is 12.1 Å². The second-order valence-electron chi connectivity index (χ2n) is 8.25. The summed E-state index contributed by atoms with van der Waals surface area (Å²) in [6.45, 7) is 5.34. The van der Waals surface area contributed by atoms with Crippen molar-refractivity contribution in [1.29, 1.82) is 0 Å². The third-order valence-electron chi connectivity index (χ3n) is 4.91. The number of carbonyl (C=O) groups excluding carboxylic acids is 1. The number of hydrogen-bond donors (Lipinski definition) is 0. The lowest BCUT2D eigenvalue weighted by Crippen LogP contribution is -2.50. The van der Waals surface area contributed by atoms with E-state index >= 15 is 0 Å². The Labute approximate surface area is 165 Å². The van der Waals surface area contributed by atoms with E-state index in [1.165, 1.54) is 0 Å². The number of piperidine rings is 1. The molecule has 2 bridgehead atoms. The highest BCUT2D eigenvalue weighted by atomic mass is 35.5.